The van der Waals surface area contributed by atoms with E-state index in [2.05, 4.69) is 25.9 Å². The molecule has 0 atom stereocenters. The van der Waals surface area contributed by atoms with Crippen LogP contribution < -0.4 is 5.14 Å². The first-order chi connectivity index (χ1) is 13.8. The highest BCUT2D eigenvalue weighted by Crippen LogP contribution is 2.29. The summed E-state index contributed by atoms with van der Waals surface area (Å²) < 4.78 is 38.4. The first-order valence-corrected chi connectivity index (χ1v) is 10.9. The molecule has 5 nitrogen and oxygen atoms in total. The van der Waals surface area contributed by atoms with E-state index in [-0.39, 0.29) is 10.7 Å². The van der Waals surface area contributed by atoms with Gasteiger partial charge in [0.15, 0.2) is 0 Å². The number of sulfonamides is 1. The molecule has 0 aliphatic carbocycles. The van der Waals surface area contributed by atoms with Gasteiger partial charge in [0.05, 0.1) is 15.9 Å². The minimum Gasteiger partial charge on any atom is -0.338 e. The standard InChI is InChI=1S/C21H15BrFN3O2S/c22-15-7-8-17(23)14(11-15)6-10-21-25-18-9-5-13(12-19(18)26-21)16-3-1-2-4-20(16)29(24,27)28/h1-12H,(H,25,26)(H2,24,27,28). The SMILES string of the molecule is NS(=O)(=O)c1ccccc1-c1ccc2nc(C=Cc3cc(Br)ccc3F)[nH]c2c1. The molecular formula is C21H15BrFN3O2S. The van der Waals surface area contributed by atoms with Gasteiger partial charge in [-0.1, -0.05) is 40.2 Å². The number of nitrogens with one attached hydrogen (secondary N) is 1. The number of H-pyrrole nitrogens is 1. The summed E-state index contributed by atoms with van der Waals surface area (Å²) in [5.41, 5.74) is 3.07. The summed E-state index contributed by atoms with van der Waals surface area (Å²) >= 11 is 3.32. The molecule has 3 N–H and O–H groups in total. The molecule has 0 unspecified atom stereocenters. The van der Waals surface area contributed by atoms with Gasteiger partial charge >= 0.3 is 0 Å². The van der Waals surface area contributed by atoms with Crippen LogP contribution in [-0.4, -0.2) is 18.4 Å². The second-order valence-electron chi connectivity index (χ2n) is 6.39. The molecule has 146 valence electrons. The van der Waals surface area contributed by atoms with E-state index in [1.807, 2.05) is 6.07 Å². The zero-order valence-electron chi connectivity index (χ0n) is 14.9. The Morgan fingerprint density at radius 3 is 2.62 bits per heavy atom. The number of fused-ring (bicyclic) bond motifs is 1. The van der Waals surface area contributed by atoms with Gasteiger partial charge in [-0.15, -0.1) is 0 Å². The lowest BCUT2D eigenvalue weighted by Crippen LogP contribution is -2.13. The lowest BCUT2D eigenvalue weighted by atomic mass is 10.1. The van der Waals surface area contributed by atoms with Gasteiger partial charge in [0.1, 0.15) is 11.6 Å². The van der Waals surface area contributed by atoms with Gasteiger partial charge in [-0.2, -0.15) is 0 Å². The summed E-state index contributed by atoms with van der Waals surface area (Å²) in [6.07, 6.45) is 3.32. The summed E-state index contributed by atoms with van der Waals surface area (Å²) in [4.78, 5) is 7.68. The smallest absolute Gasteiger partial charge is 0.238 e. The normalized spacial score (nSPS) is 12.1. The van der Waals surface area contributed by atoms with Crippen LogP contribution in [0.5, 0.6) is 0 Å². The summed E-state index contributed by atoms with van der Waals surface area (Å²) in [5.74, 6) is 0.221. The van der Waals surface area contributed by atoms with Crippen molar-refractivity contribution in [1.82, 2.24) is 9.97 Å². The molecule has 1 heterocycles. The Balaban J connectivity index is 1.73. The van der Waals surface area contributed by atoms with E-state index < -0.39 is 10.0 Å². The molecule has 0 fully saturated rings. The van der Waals surface area contributed by atoms with Crippen molar-refractivity contribution in [3.05, 3.63) is 82.3 Å². The van der Waals surface area contributed by atoms with Crippen LogP contribution in [-0.2, 0) is 10.0 Å². The average molecular weight is 472 g/mol. The topological polar surface area (TPSA) is 88.8 Å². The molecular weight excluding hydrogens is 457 g/mol. The zero-order chi connectivity index (χ0) is 20.6. The van der Waals surface area contributed by atoms with Crippen molar-refractivity contribution in [2.75, 3.05) is 0 Å². The highest BCUT2D eigenvalue weighted by molar-refractivity contribution is 9.10. The molecule has 0 bridgehead atoms. The number of primary sulfonamides is 1. The van der Waals surface area contributed by atoms with E-state index in [0.29, 0.717) is 28.0 Å². The van der Waals surface area contributed by atoms with Crippen LogP contribution in [0.15, 0.2) is 70.0 Å². The van der Waals surface area contributed by atoms with Gasteiger partial charge in [0, 0.05) is 15.6 Å². The van der Waals surface area contributed by atoms with Gasteiger partial charge in [-0.3, -0.25) is 0 Å². The Hall–Kier alpha value is -2.81. The minimum atomic E-state index is -3.85. The van der Waals surface area contributed by atoms with E-state index in [9.17, 15) is 12.8 Å². The summed E-state index contributed by atoms with van der Waals surface area (Å²) in [5, 5.41) is 5.34. The summed E-state index contributed by atoms with van der Waals surface area (Å²) in [6.45, 7) is 0. The van der Waals surface area contributed by atoms with Crippen LogP contribution in [0.2, 0.25) is 0 Å². The Kier molecular flexibility index (Phi) is 5.08. The largest absolute Gasteiger partial charge is 0.338 e. The lowest BCUT2D eigenvalue weighted by Gasteiger charge is -2.07. The second-order valence-corrected chi connectivity index (χ2v) is 8.84. The maximum absolute atomic E-state index is 13.9. The van der Waals surface area contributed by atoms with E-state index in [4.69, 9.17) is 5.14 Å². The van der Waals surface area contributed by atoms with Crippen LogP contribution in [0.25, 0.3) is 34.3 Å². The average Bonchev–Trinajstić information content (AvgIpc) is 3.10. The van der Waals surface area contributed by atoms with Crippen molar-refractivity contribution in [3.8, 4) is 11.1 Å². The number of nitrogens with zero attached hydrogens (tertiary/aromatic N) is 1. The molecule has 0 spiro atoms. The lowest BCUT2D eigenvalue weighted by molar-refractivity contribution is 0.598. The summed E-state index contributed by atoms with van der Waals surface area (Å²) in [6, 6.07) is 16.6. The third-order valence-corrected chi connectivity index (χ3v) is 5.85. The van der Waals surface area contributed by atoms with E-state index in [1.165, 1.54) is 12.1 Å². The molecule has 0 aliphatic heterocycles. The van der Waals surface area contributed by atoms with Crippen molar-refractivity contribution in [3.63, 3.8) is 0 Å². The van der Waals surface area contributed by atoms with Crippen LogP contribution >= 0.6 is 15.9 Å². The third-order valence-electron chi connectivity index (χ3n) is 4.38. The number of hydrogen-bond donors (Lipinski definition) is 2. The van der Waals surface area contributed by atoms with Crippen molar-refractivity contribution < 1.29 is 12.8 Å². The number of nitrogens with two attached hydrogens (primary N) is 1. The van der Waals surface area contributed by atoms with Gasteiger partial charge in [0.2, 0.25) is 10.0 Å². The Morgan fingerprint density at radius 1 is 1.03 bits per heavy atom. The molecule has 0 aliphatic rings. The molecule has 4 rings (SSSR count). The molecule has 8 heteroatoms. The van der Waals surface area contributed by atoms with Crippen LogP contribution in [0.4, 0.5) is 4.39 Å². The third kappa shape index (κ3) is 4.14. The number of rotatable bonds is 4. The molecule has 0 amide bonds. The van der Waals surface area contributed by atoms with Crippen molar-refractivity contribution in [2.24, 2.45) is 5.14 Å². The highest BCUT2D eigenvalue weighted by atomic mass is 79.9. The van der Waals surface area contributed by atoms with Crippen LogP contribution in [0.1, 0.15) is 11.4 Å². The fourth-order valence-corrected chi connectivity index (χ4v) is 4.18. The predicted octanol–water partition coefficient (Wildman–Crippen LogP) is 4.95. The first-order valence-electron chi connectivity index (χ1n) is 8.56. The number of hydrogen-bond acceptors (Lipinski definition) is 3. The van der Waals surface area contributed by atoms with Crippen molar-refractivity contribution in [1.29, 1.82) is 0 Å². The number of benzene rings is 3. The van der Waals surface area contributed by atoms with Gasteiger partial charge in [-0.05, 0) is 54.1 Å². The number of aromatic nitrogens is 2. The maximum atomic E-state index is 13.9. The number of imidazole rings is 1. The quantitative estimate of drug-likeness (QED) is 0.441. The summed E-state index contributed by atoms with van der Waals surface area (Å²) in [7, 11) is -3.85. The molecule has 3 aromatic carbocycles. The van der Waals surface area contributed by atoms with E-state index >= 15 is 0 Å². The fraction of sp³-hybridized carbons (Fsp3) is 0. The minimum absolute atomic E-state index is 0.0594. The van der Waals surface area contributed by atoms with Gasteiger partial charge < -0.3 is 4.98 Å². The maximum Gasteiger partial charge on any atom is 0.238 e. The number of halogens is 2. The molecule has 29 heavy (non-hydrogen) atoms. The Labute approximate surface area is 175 Å². The Morgan fingerprint density at radius 2 is 1.83 bits per heavy atom. The van der Waals surface area contributed by atoms with E-state index in [0.717, 1.165) is 9.99 Å². The van der Waals surface area contributed by atoms with Crippen molar-refractivity contribution in [2.45, 2.75) is 4.90 Å². The fourth-order valence-electron chi connectivity index (χ4n) is 3.04. The Bertz CT molecular complexity index is 1360. The molecule has 0 saturated heterocycles. The molecule has 1 aromatic heterocycles. The monoisotopic (exact) mass is 471 g/mol. The van der Waals surface area contributed by atoms with Crippen LogP contribution in [0, 0.1) is 5.82 Å². The van der Waals surface area contributed by atoms with E-state index in [1.54, 1.807) is 54.6 Å². The molecule has 4 aromatic rings. The van der Waals surface area contributed by atoms with Gasteiger partial charge in [0.25, 0.3) is 0 Å². The number of aromatic amines is 1. The highest BCUT2D eigenvalue weighted by Gasteiger charge is 2.15. The molecule has 0 radical (unpaired) electrons. The van der Waals surface area contributed by atoms with Crippen molar-refractivity contribution >= 4 is 49.1 Å². The zero-order valence-corrected chi connectivity index (χ0v) is 17.3. The predicted molar refractivity (Wildman–Crippen MR) is 116 cm³/mol. The molecule has 0 saturated carbocycles. The van der Waals surface area contributed by atoms with Crippen LogP contribution in [0.3, 0.4) is 0 Å². The first kappa shape index (κ1) is 19.5. The second kappa shape index (κ2) is 7.55. The van der Waals surface area contributed by atoms with Gasteiger partial charge in [-0.25, -0.2) is 22.9 Å².